The van der Waals surface area contributed by atoms with Gasteiger partial charge in [-0.3, -0.25) is 14.2 Å². The van der Waals surface area contributed by atoms with E-state index in [2.05, 4.69) is 20.7 Å². The third-order valence-corrected chi connectivity index (χ3v) is 5.38. The number of hydrogen-bond acceptors (Lipinski definition) is 6. The van der Waals surface area contributed by atoms with Crippen LogP contribution in [0.5, 0.6) is 0 Å². The summed E-state index contributed by atoms with van der Waals surface area (Å²) >= 11 is 0. The normalized spacial score (nSPS) is 13.6. The number of benzene rings is 1. The van der Waals surface area contributed by atoms with Crippen molar-refractivity contribution in [2.45, 2.75) is 19.4 Å². The molecule has 3 aromatic heterocycles. The number of fused-ring (bicyclic) bond motifs is 2. The van der Waals surface area contributed by atoms with Crippen LogP contribution >= 0.6 is 0 Å². The zero-order valence-corrected chi connectivity index (χ0v) is 16.8. The van der Waals surface area contributed by atoms with Gasteiger partial charge in [-0.2, -0.15) is 5.10 Å². The zero-order chi connectivity index (χ0) is 21.5. The molecule has 1 saturated carbocycles. The number of oxazole rings is 1. The van der Waals surface area contributed by atoms with Crippen molar-refractivity contribution in [2.24, 2.45) is 13.0 Å². The van der Waals surface area contributed by atoms with Crippen molar-refractivity contribution in [3.05, 3.63) is 64.0 Å². The van der Waals surface area contributed by atoms with Gasteiger partial charge in [-0.25, -0.2) is 14.3 Å². The summed E-state index contributed by atoms with van der Waals surface area (Å²) < 4.78 is 7.95. The summed E-state index contributed by atoms with van der Waals surface area (Å²) in [6, 6.07) is 8.33. The Bertz CT molecular complexity index is 1380. The van der Waals surface area contributed by atoms with Crippen molar-refractivity contribution >= 4 is 28.6 Å². The molecule has 1 aromatic carbocycles. The highest BCUT2D eigenvalue weighted by molar-refractivity contribution is 5.98. The van der Waals surface area contributed by atoms with Crippen LogP contribution in [0.2, 0.25) is 0 Å². The summed E-state index contributed by atoms with van der Waals surface area (Å²) in [5.74, 6) is -0.611. The van der Waals surface area contributed by atoms with E-state index < -0.39 is 11.7 Å². The zero-order valence-electron chi connectivity index (χ0n) is 16.8. The molecule has 10 nitrogen and oxygen atoms in total. The molecule has 10 heteroatoms. The molecule has 3 heterocycles. The number of aromatic nitrogens is 4. The van der Waals surface area contributed by atoms with E-state index in [4.69, 9.17) is 4.42 Å². The molecule has 0 aliphatic heterocycles. The minimum Gasteiger partial charge on any atom is -0.408 e. The second-order valence-corrected chi connectivity index (χ2v) is 7.69. The van der Waals surface area contributed by atoms with Crippen molar-refractivity contribution in [3.63, 3.8) is 0 Å². The Kier molecular flexibility index (Phi) is 4.54. The van der Waals surface area contributed by atoms with Gasteiger partial charge in [-0.05, 0) is 36.5 Å². The maximum Gasteiger partial charge on any atom is 0.419 e. The average Bonchev–Trinajstić information content (AvgIpc) is 3.41. The summed E-state index contributed by atoms with van der Waals surface area (Å²) in [4.78, 5) is 41.3. The first-order chi connectivity index (χ1) is 15.0. The summed E-state index contributed by atoms with van der Waals surface area (Å²) in [7, 11) is 1.62. The molecule has 2 N–H and O–H groups in total. The smallest absolute Gasteiger partial charge is 0.408 e. The average molecular weight is 420 g/mol. The highest BCUT2D eigenvalue weighted by atomic mass is 16.4. The van der Waals surface area contributed by atoms with Crippen LogP contribution in [-0.2, 0) is 13.6 Å². The van der Waals surface area contributed by atoms with Gasteiger partial charge >= 0.3 is 5.76 Å². The Hall–Kier alpha value is -3.95. The van der Waals surface area contributed by atoms with Crippen LogP contribution in [0.15, 0.2) is 45.7 Å². The third-order valence-electron chi connectivity index (χ3n) is 5.38. The lowest BCUT2D eigenvalue weighted by atomic mass is 10.2. The van der Waals surface area contributed by atoms with Gasteiger partial charge in [0.2, 0.25) is 0 Å². The van der Waals surface area contributed by atoms with Gasteiger partial charge in [0, 0.05) is 32.3 Å². The number of amides is 2. The van der Waals surface area contributed by atoms with E-state index >= 15 is 0 Å². The molecule has 1 aliphatic rings. The van der Waals surface area contributed by atoms with Crippen LogP contribution in [0.25, 0.3) is 16.7 Å². The molecular formula is C21H20N6O4. The maximum atomic E-state index is 12.8. The van der Waals surface area contributed by atoms with Crippen LogP contribution in [0.3, 0.4) is 0 Å². The van der Waals surface area contributed by atoms with Gasteiger partial charge in [0.1, 0.15) is 11.4 Å². The number of aryl methyl sites for hydroxylation is 1. The number of nitrogens with zero attached hydrogens (tertiary/aromatic N) is 4. The summed E-state index contributed by atoms with van der Waals surface area (Å²) in [6.07, 6.45) is 3.78. The highest BCUT2D eigenvalue weighted by Crippen LogP contribution is 2.27. The molecule has 4 aromatic rings. The molecule has 1 fully saturated rings. The highest BCUT2D eigenvalue weighted by Gasteiger charge is 2.23. The Morgan fingerprint density at radius 1 is 1.16 bits per heavy atom. The van der Waals surface area contributed by atoms with Gasteiger partial charge in [0.15, 0.2) is 11.2 Å². The molecule has 0 radical (unpaired) electrons. The Labute approximate surface area is 175 Å². The lowest BCUT2D eigenvalue weighted by Gasteiger charge is -2.09. The molecule has 0 bridgehead atoms. The minimum absolute atomic E-state index is 0.126. The lowest BCUT2D eigenvalue weighted by Crippen LogP contribution is -2.29. The van der Waals surface area contributed by atoms with Gasteiger partial charge in [-0.15, -0.1) is 0 Å². The van der Waals surface area contributed by atoms with Crippen molar-refractivity contribution in [1.29, 1.82) is 0 Å². The predicted molar refractivity (Wildman–Crippen MR) is 111 cm³/mol. The van der Waals surface area contributed by atoms with E-state index in [1.54, 1.807) is 31.3 Å². The Morgan fingerprint density at radius 2 is 2.00 bits per heavy atom. The summed E-state index contributed by atoms with van der Waals surface area (Å²) in [5.41, 5.74) is 2.73. The second-order valence-electron chi connectivity index (χ2n) is 7.69. The molecule has 0 unspecified atom stereocenters. The SMILES string of the molecule is Cn1c(=O)oc2ccc(CNC(=O)c3cc(C(=O)NCC4CC4)n4nccc4n3)cc21. The van der Waals surface area contributed by atoms with Crippen molar-refractivity contribution in [3.8, 4) is 0 Å². The van der Waals surface area contributed by atoms with E-state index in [0.717, 1.165) is 18.4 Å². The first-order valence-corrected chi connectivity index (χ1v) is 9.99. The van der Waals surface area contributed by atoms with Crippen LogP contribution in [0.4, 0.5) is 0 Å². The largest absolute Gasteiger partial charge is 0.419 e. The predicted octanol–water partition coefficient (Wildman–Crippen LogP) is 1.24. The van der Waals surface area contributed by atoms with E-state index in [-0.39, 0.29) is 23.8 Å². The van der Waals surface area contributed by atoms with Crippen LogP contribution in [0, 0.1) is 5.92 Å². The number of nitrogens with one attached hydrogen (secondary N) is 2. The van der Waals surface area contributed by atoms with Crippen LogP contribution in [0.1, 0.15) is 39.4 Å². The van der Waals surface area contributed by atoms with Crippen molar-refractivity contribution < 1.29 is 14.0 Å². The van der Waals surface area contributed by atoms with Gasteiger partial charge in [0.25, 0.3) is 11.8 Å². The van der Waals surface area contributed by atoms with Crippen molar-refractivity contribution in [2.75, 3.05) is 6.54 Å². The first kappa shape index (κ1) is 19.0. The molecule has 1 aliphatic carbocycles. The molecule has 0 saturated heterocycles. The van der Waals surface area contributed by atoms with Gasteiger partial charge < -0.3 is 15.1 Å². The van der Waals surface area contributed by atoms with E-state index in [1.807, 2.05) is 0 Å². The number of carbonyl (C=O) groups is 2. The monoisotopic (exact) mass is 420 g/mol. The molecule has 31 heavy (non-hydrogen) atoms. The number of carbonyl (C=O) groups excluding carboxylic acids is 2. The Balaban J connectivity index is 1.36. The van der Waals surface area contributed by atoms with E-state index in [9.17, 15) is 14.4 Å². The maximum absolute atomic E-state index is 12.8. The number of hydrogen-bond donors (Lipinski definition) is 2. The molecule has 158 valence electrons. The third kappa shape index (κ3) is 3.67. The quantitative estimate of drug-likeness (QED) is 0.484. The molecule has 2 amide bonds. The van der Waals surface area contributed by atoms with Gasteiger partial charge in [-0.1, -0.05) is 6.07 Å². The van der Waals surface area contributed by atoms with E-state index in [1.165, 1.54) is 21.3 Å². The molecule has 0 atom stereocenters. The summed E-state index contributed by atoms with van der Waals surface area (Å²) in [5, 5.41) is 9.84. The fourth-order valence-electron chi connectivity index (χ4n) is 3.40. The molecule has 0 spiro atoms. The Morgan fingerprint density at radius 3 is 2.81 bits per heavy atom. The van der Waals surface area contributed by atoms with E-state index in [0.29, 0.717) is 29.2 Å². The molecular weight excluding hydrogens is 400 g/mol. The molecule has 5 rings (SSSR count). The summed E-state index contributed by atoms with van der Waals surface area (Å²) in [6.45, 7) is 0.841. The van der Waals surface area contributed by atoms with Crippen LogP contribution < -0.4 is 16.4 Å². The topological polar surface area (TPSA) is 124 Å². The fourth-order valence-corrected chi connectivity index (χ4v) is 3.40. The first-order valence-electron chi connectivity index (χ1n) is 9.99. The number of rotatable bonds is 6. The minimum atomic E-state index is -0.443. The van der Waals surface area contributed by atoms with Crippen LogP contribution in [-0.4, -0.2) is 37.5 Å². The fraction of sp³-hybridized carbons (Fsp3) is 0.286. The van der Waals surface area contributed by atoms with Gasteiger partial charge in [0.05, 0.1) is 11.7 Å². The van der Waals surface area contributed by atoms with Crippen molar-refractivity contribution in [1.82, 2.24) is 29.8 Å². The lowest BCUT2D eigenvalue weighted by molar-refractivity contribution is 0.0943. The standard InChI is InChI=1S/C21H20N6O4/c1-26-15-8-13(4-5-17(15)31-21(26)30)11-22-19(28)14-9-16(20(29)23-10-12-2-3-12)27-18(25-14)6-7-24-27/h4-9,12H,2-3,10-11H2,1H3,(H,22,28)(H,23,29). The second kappa shape index (κ2) is 7.38.